The molecule has 3 aromatic rings. The topological polar surface area (TPSA) is 60.4 Å². The van der Waals surface area contributed by atoms with Crippen LogP contribution < -0.4 is 5.11 Å². The minimum Gasteiger partial charge on any atom is -0.565 e. The van der Waals surface area contributed by atoms with Gasteiger partial charge in [0.1, 0.15) is 10.9 Å². The number of carboxylic acid groups (broad SMARTS) is 2. The van der Waals surface area contributed by atoms with Crippen molar-refractivity contribution in [2.75, 3.05) is 0 Å². The van der Waals surface area contributed by atoms with Gasteiger partial charge in [-0.1, -0.05) is 503 Å². The molecule has 1 N–H and O–H groups in total. The van der Waals surface area contributed by atoms with Crippen LogP contribution in [0.3, 0.4) is 0 Å². The maximum Gasteiger partial charge on any atom is 0.249 e. The highest BCUT2D eigenvalue weighted by molar-refractivity contribution is 7.97. The Hall–Kier alpha value is -2.72. The van der Waals surface area contributed by atoms with Crippen LogP contribution in [-0.4, -0.2) is 11.3 Å². The van der Waals surface area contributed by atoms with Crippen LogP contribution in [0.4, 0.5) is 4.79 Å². The van der Waals surface area contributed by atoms with Crippen LogP contribution >= 0.6 is 0 Å². The summed E-state index contributed by atoms with van der Waals surface area (Å²) >= 11 is 0. The Balaban J connectivity index is 0.0000106. The lowest BCUT2D eigenvalue weighted by atomic mass is 9.94. The number of hydrogen-bond donors (Lipinski definition) is 1. The van der Waals surface area contributed by atoms with Gasteiger partial charge in [0.25, 0.3) is 0 Å². The predicted molar refractivity (Wildman–Crippen MR) is 506 cm³/mol. The Morgan fingerprint density at radius 2 is 0.292 bits per heavy atom. The van der Waals surface area contributed by atoms with E-state index in [1.54, 1.807) is 16.7 Å². The minimum absolute atomic E-state index is 0.224. The Bertz CT molecular complexity index is 2150. The average Bonchev–Trinajstić information content (AvgIpc) is 0.741. The molecule has 656 valence electrons. The van der Waals surface area contributed by atoms with E-state index in [1.807, 2.05) is 48.1 Å². The molecule has 4 heteroatoms. The molecular formula is C109H196O3S. The fraction of sp³-hybridized carbons (Fsp3) is 0.826. The standard InChI is InChI=1S/C108H195S.CH2O3/c1-10-19-28-37-46-55-64-73-82-97-91-100(85-76-67-58-49-40-31-22-13-4)106(101(92-97)86-77-68-59-50-41-32-23-14-5)109(107-102(87-78-69-60-51-42-33-24-15-6)93-98(83-74-65-56-47-38-29-20-11-2)94-103(107)88-79-70-61-52-43-34-25-16-7)108-104(89-80-71-62-53-44-35-26-17-8)95-99(84-75-66-57-48-39-30-21-12-3)96-105(108)90-81-72-63-54-45-36-27-18-9;2-1(3)4/h91-96H,10-90H2,1-9H3;(H2,2,3,4)/q+1;/p-1. The largest absolute Gasteiger partial charge is 0.565 e. The summed E-state index contributed by atoms with van der Waals surface area (Å²) in [6, 6.07) is 17.8. The quantitative estimate of drug-likeness (QED) is 0.0453. The van der Waals surface area contributed by atoms with Gasteiger partial charge in [-0.15, -0.1) is 0 Å². The number of hydrogen-bond acceptors (Lipinski definition) is 2. The van der Waals surface area contributed by atoms with Crippen LogP contribution in [0.1, 0.15) is 575 Å². The van der Waals surface area contributed by atoms with E-state index in [4.69, 9.17) is 15.0 Å². The Morgan fingerprint density at radius 3 is 0.407 bits per heavy atom. The summed E-state index contributed by atoms with van der Waals surface area (Å²) in [5.41, 5.74) is 16.0. The molecule has 0 spiro atoms. The van der Waals surface area contributed by atoms with E-state index in [1.165, 1.54) is 520 Å². The van der Waals surface area contributed by atoms with Gasteiger partial charge >= 0.3 is 0 Å². The average molecular weight is 1590 g/mol. The zero-order valence-electron chi connectivity index (χ0n) is 77.9. The smallest absolute Gasteiger partial charge is 0.249 e. The molecule has 0 bridgehead atoms. The van der Waals surface area contributed by atoms with Crippen molar-refractivity contribution >= 4 is 17.1 Å². The predicted octanol–water partition coefficient (Wildman–Crippen LogP) is 36.8. The van der Waals surface area contributed by atoms with E-state index in [9.17, 15) is 0 Å². The van der Waals surface area contributed by atoms with Crippen molar-refractivity contribution in [3.63, 3.8) is 0 Å². The lowest BCUT2D eigenvalue weighted by Crippen LogP contribution is -2.20. The highest BCUT2D eigenvalue weighted by atomic mass is 32.2. The third-order valence-electron chi connectivity index (χ3n) is 25.3. The Morgan fingerprint density at radius 1 is 0.195 bits per heavy atom. The first kappa shape index (κ1) is 106. The van der Waals surface area contributed by atoms with Crippen molar-refractivity contribution in [3.05, 3.63) is 86.5 Å². The number of benzene rings is 3. The van der Waals surface area contributed by atoms with Crippen molar-refractivity contribution in [1.29, 1.82) is 0 Å². The van der Waals surface area contributed by atoms with Gasteiger partial charge in [0.15, 0.2) is 14.7 Å². The van der Waals surface area contributed by atoms with Gasteiger partial charge in [-0.25, -0.2) is 0 Å². The lowest BCUT2D eigenvalue weighted by molar-refractivity contribution is -0.275. The van der Waals surface area contributed by atoms with Crippen molar-refractivity contribution in [2.45, 2.75) is 597 Å². The monoisotopic (exact) mass is 1590 g/mol. The van der Waals surface area contributed by atoms with Crippen LogP contribution in [0, 0.1) is 0 Å². The van der Waals surface area contributed by atoms with E-state index >= 15 is 0 Å². The molecule has 3 aromatic carbocycles. The molecule has 0 aliphatic rings. The van der Waals surface area contributed by atoms with Crippen molar-refractivity contribution in [2.24, 2.45) is 0 Å². The number of unbranched alkanes of at least 4 members (excludes halogenated alkanes) is 63. The summed E-state index contributed by atoms with van der Waals surface area (Å²) in [5.74, 6) is 0. The van der Waals surface area contributed by atoms with Gasteiger partial charge < -0.3 is 15.0 Å². The third kappa shape index (κ3) is 58.0. The van der Waals surface area contributed by atoms with Gasteiger partial charge in [0, 0.05) is 33.4 Å². The molecule has 0 aliphatic heterocycles. The molecule has 0 fully saturated rings. The summed E-state index contributed by atoms with van der Waals surface area (Å²) in [5, 5.41) is 15.3. The normalized spacial score (nSPS) is 11.6. The van der Waals surface area contributed by atoms with E-state index in [0.717, 1.165) is 0 Å². The molecule has 113 heavy (non-hydrogen) atoms. The Labute approximate surface area is 711 Å². The summed E-state index contributed by atoms with van der Waals surface area (Å²) in [7, 11) is -0.224. The van der Waals surface area contributed by atoms with Gasteiger partial charge in [-0.3, -0.25) is 0 Å². The highest BCUT2D eigenvalue weighted by Crippen LogP contribution is 2.46. The fourth-order valence-corrected chi connectivity index (χ4v) is 21.4. The second kappa shape index (κ2) is 80.3. The maximum absolute atomic E-state index is 8.44. The number of rotatable bonds is 84. The molecule has 3 rings (SSSR count). The molecule has 0 heterocycles. The molecule has 0 aliphatic carbocycles. The first-order valence-corrected chi connectivity index (χ1v) is 53.0. The van der Waals surface area contributed by atoms with Crippen LogP contribution in [0.25, 0.3) is 0 Å². The van der Waals surface area contributed by atoms with Crippen LogP contribution in [0.5, 0.6) is 0 Å². The summed E-state index contributed by atoms with van der Waals surface area (Å²) in [4.78, 5) is 14.1. The van der Waals surface area contributed by atoms with Crippen molar-refractivity contribution < 1.29 is 15.0 Å². The summed E-state index contributed by atoms with van der Waals surface area (Å²) < 4.78 is 0. The van der Waals surface area contributed by atoms with E-state index in [0.29, 0.717) is 0 Å². The van der Waals surface area contributed by atoms with Gasteiger partial charge in [0.2, 0.25) is 6.16 Å². The molecular weight excluding hydrogens is 1390 g/mol. The first-order valence-electron chi connectivity index (χ1n) is 51.8. The molecule has 0 radical (unpaired) electrons. The van der Waals surface area contributed by atoms with Crippen LogP contribution in [-0.2, 0) is 68.7 Å². The SMILES string of the molecule is CCCCCCCCCCc1cc(CCCCCCCCCC)c([S+](c2c(CCCCCCCCCC)cc(CCCCCCCCCC)cc2CCCCCCCCCC)c2c(CCCCCCCCCC)cc(CCCCCCCCCC)cc2CCCCCCCCCC)c(CCCCCCCCCC)c1.O=C([O-])O. The zero-order chi connectivity index (χ0) is 81.6. The maximum atomic E-state index is 8.44. The van der Waals surface area contributed by atoms with Crippen LogP contribution in [0.15, 0.2) is 51.1 Å². The molecule has 0 atom stereocenters. The van der Waals surface area contributed by atoms with Crippen LogP contribution in [0.2, 0.25) is 0 Å². The molecule has 0 saturated heterocycles. The van der Waals surface area contributed by atoms with Crippen molar-refractivity contribution in [3.8, 4) is 0 Å². The van der Waals surface area contributed by atoms with Crippen molar-refractivity contribution in [1.82, 2.24) is 0 Å². The second-order valence-electron chi connectivity index (χ2n) is 36.3. The first-order chi connectivity index (χ1) is 55.7. The van der Waals surface area contributed by atoms with Gasteiger partial charge in [-0.05, 0) is 132 Å². The summed E-state index contributed by atoms with van der Waals surface area (Å²) in [6.45, 7) is 21.5. The Kier molecular flexibility index (Phi) is 75.6. The van der Waals surface area contributed by atoms with Gasteiger partial charge in [0.05, 0.1) is 0 Å². The lowest BCUT2D eigenvalue weighted by Gasteiger charge is -2.26. The van der Waals surface area contributed by atoms with E-state index < -0.39 is 6.16 Å². The molecule has 3 nitrogen and oxygen atoms in total. The van der Waals surface area contributed by atoms with E-state index in [2.05, 4.69) is 98.7 Å². The van der Waals surface area contributed by atoms with E-state index in [-0.39, 0.29) is 10.9 Å². The molecule has 0 aromatic heterocycles. The van der Waals surface area contributed by atoms with Gasteiger partial charge in [-0.2, -0.15) is 0 Å². The zero-order valence-corrected chi connectivity index (χ0v) is 78.7. The fourth-order valence-electron chi connectivity index (χ4n) is 18.2. The highest BCUT2D eigenvalue weighted by Gasteiger charge is 2.42. The summed E-state index contributed by atoms with van der Waals surface area (Å²) in [6.07, 6.45) is 110. The molecule has 0 saturated carbocycles. The molecule has 0 amide bonds. The number of carbonyl (C=O) groups is 1. The minimum atomic E-state index is -2.08. The number of aryl methyl sites for hydroxylation is 9. The molecule has 0 unspecified atom stereocenters. The second-order valence-corrected chi connectivity index (χ2v) is 38.2. The third-order valence-corrected chi connectivity index (χ3v) is 28.1.